The van der Waals surface area contributed by atoms with Crippen molar-refractivity contribution in [2.24, 2.45) is 0 Å². The van der Waals surface area contributed by atoms with Gasteiger partial charge in [0.25, 0.3) is 5.91 Å². The maximum absolute atomic E-state index is 13.2. The first-order valence-electron chi connectivity index (χ1n) is 9.22. The van der Waals surface area contributed by atoms with Crippen molar-refractivity contribution < 1.29 is 9.21 Å². The molecule has 0 aliphatic carbocycles. The molecule has 0 fully saturated rings. The summed E-state index contributed by atoms with van der Waals surface area (Å²) in [6, 6.07) is 19.2. The number of carbonyl (C=O) groups excluding carboxylic acids is 1. The van der Waals surface area contributed by atoms with Crippen LogP contribution in [0.3, 0.4) is 0 Å². The lowest BCUT2D eigenvalue weighted by Gasteiger charge is -2.08. The minimum Gasteiger partial charge on any atom is -0.460 e. The van der Waals surface area contributed by atoms with Gasteiger partial charge in [0, 0.05) is 5.39 Å². The van der Waals surface area contributed by atoms with Gasteiger partial charge in [0.2, 0.25) is 0 Å². The molecule has 0 atom stereocenters. The van der Waals surface area contributed by atoms with Crippen molar-refractivity contribution in [2.45, 2.75) is 13.8 Å². The van der Waals surface area contributed by atoms with E-state index in [0.717, 1.165) is 32.4 Å². The summed E-state index contributed by atoms with van der Waals surface area (Å²) in [5.41, 5.74) is 3.95. The number of rotatable bonds is 3. The predicted molar refractivity (Wildman–Crippen MR) is 116 cm³/mol. The molecule has 0 saturated heterocycles. The molecule has 3 aromatic heterocycles. The van der Waals surface area contributed by atoms with Crippen LogP contribution in [0, 0.1) is 13.8 Å². The summed E-state index contributed by atoms with van der Waals surface area (Å²) in [7, 11) is 0. The van der Waals surface area contributed by atoms with Crippen LogP contribution in [-0.4, -0.2) is 15.9 Å². The third kappa shape index (κ3) is 3.28. The molecule has 5 nitrogen and oxygen atoms in total. The molecule has 0 unspecified atom stereocenters. The molecule has 29 heavy (non-hydrogen) atoms. The van der Waals surface area contributed by atoms with Gasteiger partial charge in [0.15, 0.2) is 10.9 Å². The number of aromatic nitrogens is 2. The second-order valence-electron chi connectivity index (χ2n) is 6.93. The van der Waals surface area contributed by atoms with E-state index in [9.17, 15) is 4.79 Å². The number of nitrogens with zero attached hydrogens (tertiary/aromatic N) is 2. The third-order valence-electron chi connectivity index (χ3n) is 4.72. The number of pyridine rings is 1. The van der Waals surface area contributed by atoms with Crippen molar-refractivity contribution in [1.29, 1.82) is 0 Å². The van der Waals surface area contributed by atoms with E-state index in [1.807, 2.05) is 62.4 Å². The van der Waals surface area contributed by atoms with Crippen LogP contribution in [-0.2, 0) is 0 Å². The normalized spacial score (nSPS) is 11.2. The highest BCUT2D eigenvalue weighted by Crippen LogP contribution is 2.29. The van der Waals surface area contributed by atoms with Crippen LogP contribution in [0.1, 0.15) is 21.7 Å². The molecule has 0 bridgehead atoms. The number of thiazole rings is 1. The Bertz CT molecular complexity index is 1380. The fourth-order valence-electron chi connectivity index (χ4n) is 3.31. The first kappa shape index (κ1) is 17.6. The third-order valence-corrected chi connectivity index (χ3v) is 5.65. The molecule has 0 saturated carbocycles. The monoisotopic (exact) mass is 399 g/mol. The average Bonchev–Trinajstić information content (AvgIpc) is 3.32. The average molecular weight is 399 g/mol. The van der Waals surface area contributed by atoms with E-state index in [0.29, 0.717) is 22.1 Å². The Morgan fingerprint density at radius 3 is 2.66 bits per heavy atom. The molecule has 5 aromatic rings. The van der Waals surface area contributed by atoms with Gasteiger partial charge in [0.05, 0.1) is 21.3 Å². The summed E-state index contributed by atoms with van der Waals surface area (Å²) in [5.74, 6) is 1.22. The van der Waals surface area contributed by atoms with Crippen LogP contribution in [0.25, 0.3) is 32.6 Å². The number of aryl methyl sites for hydroxylation is 2. The van der Waals surface area contributed by atoms with Gasteiger partial charge in [-0.15, -0.1) is 0 Å². The number of nitrogens with one attached hydrogen (secondary N) is 1. The van der Waals surface area contributed by atoms with Gasteiger partial charge < -0.3 is 4.42 Å². The van der Waals surface area contributed by atoms with Crippen molar-refractivity contribution in [2.75, 3.05) is 5.32 Å². The lowest BCUT2D eigenvalue weighted by molar-refractivity contribution is 0.102. The van der Waals surface area contributed by atoms with Gasteiger partial charge in [-0.1, -0.05) is 35.6 Å². The van der Waals surface area contributed by atoms with Crippen molar-refractivity contribution in [3.8, 4) is 11.5 Å². The Hall–Kier alpha value is -3.51. The SMILES string of the molecule is Cc1ccc2nc(NC(=O)c3cc(-c4ccc(C)o4)nc4ccccc34)sc2c1. The summed E-state index contributed by atoms with van der Waals surface area (Å²) < 4.78 is 6.77. The number of hydrogen-bond acceptors (Lipinski definition) is 5. The highest BCUT2D eigenvalue weighted by atomic mass is 32.1. The molecular weight excluding hydrogens is 382 g/mol. The van der Waals surface area contributed by atoms with Gasteiger partial charge in [-0.25, -0.2) is 9.97 Å². The van der Waals surface area contributed by atoms with Crippen molar-refractivity contribution >= 4 is 43.5 Å². The number of hydrogen-bond donors (Lipinski definition) is 1. The first-order valence-corrected chi connectivity index (χ1v) is 10.0. The Labute approximate surface area is 171 Å². The number of anilines is 1. The number of furan rings is 1. The molecular formula is C23H17N3O2S. The molecule has 0 aliphatic rings. The van der Waals surface area contributed by atoms with Crippen molar-refractivity contribution in [1.82, 2.24) is 9.97 Å². The van der Waals surface area contributed by atoms with E-state index >= 15 is 0 Å². The summed E-state index contributed by atoms with van der Waals surface area (Å²) in [5, 5.41) is 4.32. The zero-order valence-electron chi connectivity index (χ0n) is 15.9. The molecule has 5 rings (SSSR count). The second-order valence-corrected chi connectivity index (χ2v) is 7.96. The Kier molecular flexibility index (Phi) is 4.14. The Balaban J connectivity index is 1.57. The van der Waals surface area contributed by atoms with Crippen LogP contribution in [0.15, 0.2) is 65.1 Å². The van der Waals surface area contributed by atoms with E-state index in [2.05, 4.69) is 21.4 Å². The van der Waals surface area contributed by atoms with E-state index in [1.165, 1.54) is 11.3 Å². The molecule has 1 N–H and O–H groups in total. The summed E-state index contributed by atoms with van der Waals surface area (Å²) >= 11 is 1.47. The minimum atomic E-state index is -0.219. The van der Waals surface area contributed by atoms with Crippen LogP contribution < -0.4 is 5.32 Å². The molecule has 6 heteroatoms. The quantitative estimate of drug-likeness (QED) is 0.406. The summed E-state index contributed by atoms with van der Waals surface area (Å²) in [6.45, 7) is 3.92. The molecule has 0 spiro atoms. The molecule has 0 aliphatic heterocycles. The van der Waals surface area contributed by atoms with E-state index in [1.54, 1.807) is 6.07 Å². The fourth-order valence-corrected chi connectivity index (χ4v) is 4.27. The molecule has 1 amide bonds. The van der Waals surface area contributed by atoms with Crippen molar-refractivity contribution in [3.05, 3.63) is 77.6 Å². The maximum Gasteiger partial charge on any atom is 0.258 e. The van der Waals surface area contributed by atoms with E-state index in [4.69, 9.17) is 4.42 Å². The highest BCUT2D eigenvalue weighted by Gasteiger charge is 2.17. The summed E-state index contributed by atoms with van der Waals surface area (Å²) in [4.78, 5) is 22.4. The lowest BCUT2D eigenvalue weighted by Crippen LogP contribution is -2.12. The lowest BCUT2D eigenvalue weighted by atomic mass is 10.1. The largest absolute Gasteiger partial charge is 0.460 e. The number of carbonyl (C=O) groups is 1. The first-order chi connectivity index (χ1) is 14.1. The van der Waals surface area contributed by atoms with Crippen LogP contribution in [0.4, 0.5) is 5.13 Å². The maximum atomic E-state index is 13.2. The molecule has 142 valence electrons. The molecule has 3 heterocycles. The fraction of sp³-hybridized carbons (Fsp3) is 0.0870. The number of amides is 1. The van der Waals surface area contributed by atoms with Gasteiger partial charge in [-0.05, 0) is 55.8 Å². The Morgan fingerprint density at radius 2 is 1.83 bits per heavy atom. The second kappa shape index (κ2) is 6.83. The number of benzene rings is 2. The molecule has 2 aromatic carbocycles. The van der Waals surface area contributed by atoms with Crippen LogP contribution in [0.5, 0.6) is 0 Å². The number of para-hydroxylation sites is 1. The van der Waals surface area contributed by atoms with E-state index in [-0.39, 0.29) is 5.91 Å². The highest BCUT2D eigenvalue weighted by molar-refractivity contribution is 7.22. The number of fused-ring (bicyclic) bond motifs is 2. The standard InChI is InChI=1S/C23H17N3O2S/c1-13-7-9-18-21(11-13)29-23(25-18)26-22(27)16-12-19(20-10-8-14(2)28-20)24-17-6-4-3-5-15(16)17/h3-12H,1-2H3,(H,25,26,27). The van der Waals surface area contributed by atoms with Gasteiger partial charge in [-0.3, -0.25) is 10.1 Å². The van der Waals surface area contributed by atoms with Crippen LogP contribution in [0.2, 0.25) is 0 Å². The summed E-state index contributed by atoms with van der Waals surface area (Å²) in [6.07, 6.45) is 0. The van der Waals surface area contributed by atoms with Gasteiger partial charge >= 0.3 is 0 Å². The molecule has 0 radical (unpaired) electrons. The van der Waals surface area contributed by atoms with Gasteiger partial charge in [0.1, 0.15) is 11.5 Å². The van der Waals surface area contributed by atoms with E-state index < -0.39 is 0 Å². The smallest absolute Gasteiger partial charge is 0.258 e. The van der Waals surface area contributed by atoms with Crippen LogP contribution >= 0.6 is 11.3 Å². The minimum absolute atomic E-state index is 0.219. The topological polar surface area (TPSA) is 68.0 Å². The Morgan fingerprint density at radius 1 is 0.966 bits per heavy atom. The van der Waals surface area contributed by atoms with Crippen molar-refractivity contribution in [3.63, 3.8) is 0 Å². The predicted octanol–water partition coefficient (Wildman–Crippen LogP) is 5.97. The zero-order chi connectivity index (χ0) is 20.0. The zero-order valence-corrected chi connectivity index (χ0v) is 16.7. The van der Waals surface area contributed by atoms with Gasteiger partial charge in [-0.2, -0.15) is 0 Å².